The molecule has 0 radical (unpaired) electrons. The number of hydrogen-bond donors (Lipinski definition) is 1. The molecule has 1 aliphatic rings. The Morgan fingerprint density at radius 3 is 2.48 bits per heavy atom. The normalized spacial score (nSPS) is 17.6. The number of nitrogens with zero attached hydrogens (tertiary/aromatic N) is 1. The molecule has 0 saturated carbocycles. The topological polar surface area (TPSA) is 32.3 Å². The van der Waals surface area contributed by atoms with Crippen molar-refractivity contribution in [3.05, 3.63) is 64.1 Å². The van der Waals surface area contributed by atoms with Gasteiger partial charge in [-0.25, -0.2) is 4.79 Å². The third-order valence-electron chi connectivity index (χ3n) is 4.33. The summed E-state index contributed by atoms with van der Waals surface area (Å²) in [4.78, 5) is 14.7. The van der Waals surface area contributed by atoms with Crippen LogP contribution in [0, 0.1) is 0 Å². The zero-order valence-electron chi connectivity index (χ0n) is 14.8. The molecule has 1 aliphatic heterocycles. The second kappa shape index (κ2) is 7.42. The molecule has 0 bridgehead atoms. The van der Waals surface area contributed by atoms with E-state index in [9.17, 15) is 4.79 Å². The summed E-state index contributed by atoms with van der Waals surface area (Å²) in [6.45, 7) is 7.39. The van der Waals surface area contributed by atoms with Gasteiger partial charge in [-0.3, -0.25) is 0 Å². The smallest absolute Gasteiger partial charge is 0.308 e. The third-order valence-corrected chi connectivity index (χ3v) is 6.28. The number of thioether (sulfide) groups is 1. The van der Waals surface area contributed by atoms with Gasteiger partial charge >= 0.3 is 6.03 Å². The van der Waals surface area contributed by atoms with E-state index in [1.54, 1.807) is 0 Å². The SMILES string of the molecule is CC(C)(C)c1ccc(C2SCCN2C(=O)Nc2ccccc2Br)cc1. The summed E-state index contributed by atoms with van der Waals surface area (Å²) in [6, 6.07) is 16.3. The van der Waals surface area contributed by atoms with Gasteiger partial charge in [0.15, 0.2) is 0 Å². The maximum Gasteiger partial charge on any atom is 0.323 e. The number of urea groups is 1. The summed E-state index contributed by atoms with van der Waals surface area (Å²) >= 11 is 5.29. The first-order valence-electron chi connectivity index (χ1n) is 8.40. The Labute approximate surface area is 162 Å². The first kappa shape index (κ1) is 18.3. The van der Waals surface area contributed by atoms with Crippen LogP contribution in [-0.4, -0.2) is 23.2 Å². The summed E-state index contributed by atoms with van der Waals surface area (Å²) in [6.07, 6.45) is 0. The Kier molecular flexibility index (Phi) is 5.44. The van der Waals surface area contributed by atoms with E-state index in [-0.39, 0.29) is 16.8 Å². The Hall–Kier alpha value is -1.46. The van der Waals surface area contributed by atoms with Crippen LogP contribution in [-0.2, 0) is 5.41 Å². The van der Waals surface area contributed by atoms with Crippen LogP contribution >= 0.6 is 27.7 Å². The van der Waals surface area contributed by atoms with Crippen molar-refractivity contribution in [3.63, 3.8) is 0 Å². The molecule has 1 heterocycles. The van der Waals surface area contributed by atoms with Gasteiger partial charge in [0, 0.05) is 16.8 Å². The molecule has 1 N–H and O–H groups in total. The van der Waals surface area contributed by atoms with Crippen LogP contribution in [0.1, 0.15) is 37.3 Å². The summed E-state index contributed by atoms with van der Waals surface area (Å²) in [5, 5.41) is 3.08. The maximum absolute atomic E-state index is 12.8. The highest BCUT2D eigenvalue weighted by Crippen LogP contribution is 2.39. The predicted molar refractivity (Wildman–Crippen MR) is 110 cm³/mol. The van der Waals surface area contributed by atoms with Gasteiger partial charge in [0.05, 0.1) is 5.69 Å². The minimum atomic E-state index is -0.0539. The molecule has 3 nitrogen and oxygen atoms in total. The predicted octanol–water partition coefficient (Wildman–Crippen LogP) is 6.03. The summed E-state index contributed by atoms with van der Waals surface area (Å²) in [5.41, 5.74) is 3.42. The molecule has 1 unspecified atom stereocenters. The van der Waals surface area contributed by atoms with E-state index < -0.39 is 0 Å². The van der Waals surface area contributed by atoms with Crippen molar-refractivity contribution >= 4 is 39.4 Å². The van der Waals surface area contributed by atoms with E-state index in [4.69, 9.17) is 0 Å². The van der Waals surface area contributed by atoms with E-state index in [0.717, 1.165) is 22.5 Å². The number of nitrogens with one attached hydrogen (secondary N) is 1. The number of rotatable bonds is 2. The first-order chi connectivity index (χ1) is 11.9. The standard InChI is InChI=1S/C20H23BrN2OS/c1-20(2,3)15-10-8-14(9-11-15)18-23(12-13-25-18)19(24)22-17-7-5-4-6-16(17)21/h4-11,18H,12-13H2,1-3H3,(H,22,24). The van der Waals surface area contributed by atoms with Crippen molar-refractivity contribution in [1.82, 2.24) is 4.90 Å². The lowest BCUT2D eigenvalue weighted by Crippen LogP contribution is -2.34. The number of anilines is 1. The van der Waals surface area contributed by atoms with Crippen LogP contribution in [0.3, 0.4) is 0 Å². The second-order valence-electron chi connectivity index (χ2n) is 7.20. The molecular formula is C20H23BrN2OS. The lowest BCUT2D eigenvalue weighted by Gasteiger charge is -2.26. The average Bonchev–Trinajstić information content (AvgIpc) is 3.06. The highest BCUT2D eigenvalue weighted by molar-refractivity contribution is 9.10. The molecule has 2 aromatic rings. The van der Waals surface area contributed by atoms with E-state index in [1.807, 2.05) is 40.9 Å². The first-order valence-corrected chi connectivity index (χ1v) is 10.2. The highest BCUT2D eigenvalue weighted by Gasteiger charge is 2.31. The van der Waals surface area contributed by atoms with Crippen molar-refractivity contribution in [1.29, 1.82) is 0 Å². The number of benzene rings is 2. The maximum atomic E-state index is 12.8. The van der Waals surface area contributed by atoms with Gasteiger partial charge in [-0.2, -0.15) is 0 Å². The Morgan fingerprint density at radius 1 is 1.16 bits per heavy atom. The minimum absolute atomic E-state index is 0.0539. The molecule has 2 aromatic carbocycles. The lowest BCUT2D eigenvalue weighted by molar-refractivity contribution is 0.214. The van der Waals surface area contributed by atoms with Crippen LogP contribution < -0.4 is 5.32 Å². The van der Waals surface area contributed by atoms with Crippen LogP contribution in [0.25, 0.3) is 0 Å². The monoisotopic (exact) mass is 418 g/mol. The molecule has 1 saturated heterocycles. The molecule has 132 valence electrons. The van der Waals surface area contributed by atoms with Crippen molar-refractivity contribution in [2.45, 2.75) is 31.6 Å². The number of carbonyl (C=O) groups is 1. The molecule has 3 rings (SSSR count). The molecule has 0 spiro atoms. The van der Waals surface area contributed by atoms with Crippen molar-refractivity contribution < 1.29 is 4.79 Å². The van der Waals surface area contributed by atoms with Gasteiger partial charge in [-0.1, -0.05) is 57.2 Å². The average molecular weight is 419 g/mol. The van der Waals surface area contributed by atoms with E-state index in [2.05, 4.69) is 66.3 Å². The number of halogens is 1. The fourth-order valence-corrected chi connectivity index (χ4v) is 4.49. The lowest BCUT2D eigenvalue weighted by atomic mass is 9.87. The van der Waals surface area contributed by atoms with E-state index >= 15 is 0 Å². The Bertz CT molecular complexity index is 755. The van der Waals surface area contributed by atoms with Crippen LogP contribution in [0.15, 0.2) is 53.0 Å². The Balaban J connectivity index is 1.76. The summed E-state index contributed by atoms with van der Waals surface area (Å²) in [7, 11) is 0. The van der Waals surface area contributed by atoms with Gasteiger partial charge in [0.1, 0.15) is 5.37 Å². The molecule has 2 amide bonds. The van der Waals surface area contributed by atoms with Crippen LogP contribution in [0.5, 0.6) is 0 Å². The van der Waals surface area contributed by atoms with Crippen LogP contribution in [0.2, 0.25) is 0 Å². The van der Waals surface area contributed by atoms with E-state index in [1.165, 1.54) is 11.1 Å². The number of amides is 2. The summed E-state index contributed by atoms with van der Waals surface area (Å²) in [5.74, 6) is 0.953. The highest BCUT2D eigenvalue weighted by atomic mass is 79.9. The van der Waals surface area contributed by atoms with E-state index in [0.29, 0.717) is 0 Å². The summed E-state index contributed by atoms with van der Waals surface area (Å²) < 4.78 is 0.890. The Morgan fingerprint density at radius 2 is 1.84 bits per heavy atom. The fraction of sp³-hybridized carbons (Fsp3) is 0.350. The van der Waals surface area contributed by atoms with Gasteiger partial charge in [0.2, 0.25) is 0 Å². The van der Waals surface area contributed by atoms with Gasteiger partial charge < -0.3 is 10.2 Å². The molecule has 0 aromatic heterocycles. The largest absolute Gasteiger partial charge is 0.323 e. The fourth-order valence-electron chi connectivity index (χ4n) is 2.85. The van der Waals surface area contributed by atoms with Crippen molar-refractivity contribution in [3.8, 4) is 0 Å². The zero-order chi connectivity index (χ0) is 18.0. The molecule has 1 atom stereocenters. The zero-order valence-corrected chi connectivity index (χ0v) is 17.2. The van der Waals surface area contributed by atoms with Gasteiger partial charge in [-0.15, -0.1) is 11.8 Å². The van der Waals surface area contributed by atoms with Crippen molar-refractivity contribution in [2.75, 3.05) is 17.6 Å². The molecular weight excluding hydrogens is 396 g/mol. The second-order valence-corrected chi connectivity index (χ2v) is 9.24. The molecule has 25 heavy (non-hydrogen) atoms. The van der Waals surface area contributed by atoms with Crippen molar-refractivity contribution in [2.24, 2.45) is 0 Å². The third kappa shape index (κ3) is 4.21. The number of hydrogen-bond acceptors (Lipinski definition) is 2. The van der Waals surface area contributed by atoms with Gasteiger partial charge in [0.25, 0.3) is 0 Å². The number of carbonyl (C=O) groups excluding carboxylic acids is 1. The molecule has 1 fully saturated rings. The minimum Gasteiger partial charge on any atom is -0.308 e. The number of para-hydroxylation sites is 1. The quantitative estimate of drug-likeness (QED) is 0.645. The molecule has 0 aliphatic carbocycles. The molecule has 5 heteroatoms. The van der Waals surface area contributed by atoms with Crippen LogP contribution in [0.4, 0.5) is 10.5 Å². The van der Waals surface area contributed by atoms with Gasteiger partial charge in [-0.05, 0) is 44.6 Å².